The number of rotatable bonds is 2. The molecule has 0 aliphatic carbocycles. The number of nitrogens with zero attached hydrogens (tertiary/aromatic N) is 2. The van der Waals surface area contributed by atoms with E-state index in [-0.39, 0.29) is 0 Å². The molecule has 62 valence electrons. The van der Waals surface area contributed by atoms with Crippen molar-refractivity contribution in [1.29, 1.82) is 0 Å². The first kappa shape index (κ1) is 9.60. The number of guanidine groups is 1. The molecule has 0 aromatic heterocycles. The maximum Gasteiger partial charge on any atom is 0.325 e. The Morgan fingerprint density at radius 1 is 1.64 bits per heavy atom. The van der Waals surface area contributed by atoms with E-state index in [1.807, 2.05) is 0 Å². The number of isocyanates is 1. The lowest BCUT2D eigenvalue weighted by Crippen LogP contribution is -2.10. The Morgan fingerprint density at radius 2 is 2.18 bits per heavy atom. The lowest BCUT2D eigenvalue weighted by atomic mass is 11.1. The fourth-order valence-corrected chi connectivity index (χ4v) is 0.385. The minimum Gasteiger partial charge on any atom is -0.365 e. The SMILES string of the molecule is CS(=O)(=O)O/N=C(\N)N=C=O. The molecule has 0 aliphatic heterocycles. The van der Waals surface area contributed by atoms with E-state index in [4.69, 9.17) is 5.73 Å². The van der Waals surface area contributed by atoms with Crippen LogP contribution in [0.25, 0.3) is 0 Å². The van der Waals surface area contributed by atoms with E-state index in [2.05, 4.69) is 14.4 Å². The van der Waals surface area contributed by atoms with E-state index in [1.54, 1.807) is 0 Å². The molecule has 8 heteroatoms. The van der Waals surface area contributed by atoms with Gasteiger partial charge in [-0.1, -0.05) is 0 Å². The average molecular weight is 179 g/mol. The molecule has 0 bridgehead atoms. The summed E-state index contributed by atoms with van der Waals surface area (Å²) in [5, 5.41) is 2.76. The summed E-state index contributed by atoms with van der Waals surface area (Å²) in [6.07, 6.45) is 1.82. The van der Waals surface area contributed by atoms with E-state index in [0.717, 1.165) is 12.3 Å². The van der Waals surface area contributed by atoms with E-state index in [1.165, 1.54) is 0 Å². The topological polar surface area (TPSA) is 111 Å². The van der Waals surface area contributed by atoms with Gasteiger partial charge in [0.2, 0.25) is 6.08 Å². The summed E-state index contributed by atoms with van der Waals surface area (Å²) in [6, 6.07) is 0. The Labute approximate surface area is 62.7 Å². The molecule has 0 aromatic rings. The molecule has 7 nitrogen and oxygen atoms in total. The van der Waals surface area contributed by atoms with Crippen molar-refractivity contribution >= 4 is 22.2 Å². The highest BCUT2D eigenvalue weighted by Crippen LogP contribution is 1.86. The van der Waals surface area contributed by atoms with E-state index >= 15 is 0 Å². The van der Waals surface area contributed by atoms with Crippen LogP contribution in [0.4, 0.5) is 0 Å². The largest absolute Gasteiger partial charge is 0.365 e. The molecule has 0 unspecified atom stereocenters. The van der Waals surface area contributed by atoms with Crippen molar-refractivity contribution < 1.29 is 17.5 Å². The van der Waals surface area contributed by atoms with Gasteiger partial charge in [-0.3, -0.25) is 4.28 Å². The first-order valence-corrected chi connectivity index (χ1v) is 4.07. The highest BCUT2D eigenvalue weighted by molar-refractivity contribution is 7.85. The van der Waals surface area contributed by atoms with Crippen LogP contribution in [0, 0.1) is 0 Å². The molecule has 0 radical (unpaired) electrons. The van der Waals surface area contributed by atoms with Crippen LogP contribution in [0.1, 0.15) is 0 Å². The second-order valence-corrected chi connectivity index (χ2v) is 2.99. The Kier molecular flexibility index (Phi) is 3.22. The number of aliphatic imine (C=N–C) groups is 1. The molecular formula is C3H5N3O4S. The zero-order valence-corrected chi connectivity index (χ0v) is 6.33. The summed E-state index contributed by atoms with van der Waals surface area (Å²) in [5.41, 5.74) is 4.82. The number of carbonyl (C=O) groups excluding carboxylic acids is 1. The molecule has 11 heavy (non-hydrogen) atoms. The molecule has 0 saturated heterocycles. The van der Waals surface area contributed by atoms with Gasteiger partial charge >= 0.3 is 10.1 Å². The number of hydrogen-bond acceptors (Lipinski definition) is 5. The Morgan fingerprint density at radius 3 is 2.55 bits per heavy atom. The third-order valence-electron chi connectivity index (χ3n) is 0.426. The number of oxime groups is 1. The van der Waals surface area contributed by atoms with Crippen molar-refractivity contribution in [3.05, 3.63) is 0 Å². The van der Waals surface area contributed by atoms with Crippen LogP contribution in [0.5, 0.6) is 0 Å². The molecule has 2 N–H and O–H groups in total. The van der Waals surface area contributed by atoms with Gasteiger partial charge in [-0.2, -0.15) is 8.42 Å². The maximum atomic E-state index is 10.2. The summed E-state index contributed by atoms with van der Waals surface area (Å²) in [6.45, 7) is 0. The Hall–Kier alpha value is -1.40. The summed E-state index contributed by atoms with van der Waals surface area (Å²) in [5.74, 6) is -0.606. The fraction of sp³-hybridized carbons (Fsp3) is 0.333. The standard InChI is InChI=1S/C3H5N3O4S/c1-11(8,9)10-6-3(4)5-2-7/h1H3,(H2,4,6). The highest BCUT2D eigenvalue weighted by atomic mass is 32.2. The summed E-state index contributed by atoms with van der Waals surface area (Å²) in [7, 11) is -3.69. The van der Waals surface area contributed by atoms with Gasteiger partial charge in [0, 0.05) is 0 Å². The molecule has 0 heterocycles. The monoisotopic (exact) mass is 179 g/mol. The third kappa shape index (κ3) is 6.49. The summed E-state index contributed by atoms with van der Waals surface area (Å²) >= 11 is 0. The lowest BCUT2D eigenvalue weighted by Gasteiger charge is -1.90. The quantitative estimate of drug-likeness (QED) is 0.240. The molecule has 0 spiro atoms. The van der Waals surface area contributed by atoms with Gasteiger partial charge in [-0.25, -0.2) is 4.79 Å². The second-order valence-electron chi connectivity index (χ2n) is 1.43. The van der Waals surface area contributed by atoms with Gasteiger partial charge < -0.3 is 5.73 Å². The Balaban J connectivity index is 4.26. The molecule has 0 saturated carbocycles. The van der Waals surface area contributed by atoms with Gasteiger partial charge in [0.05, 0.1) is 6.26 Å². The predicted octanol–water partition coefficient (Wildman–Crippen LogP) is -1.47. The molecule has 0 fully saturated rings. The van der Waals surface area contributed by atoms with Crippen molar-refractivity contribution in [2.24, 2.45) is 15.9 Å². The average Bonchev–Trinajstić information content (AvgIpc) is 1.83. The molecule has 0 amide bonds. The van der Waals surface area contributed by atoms with Gasteiger partial charge in [0.15, 0.2) is 0 Å². The Bertz CT molecular complexity index is 299. The minimum atomic E-state index is -3.69. The molecule has 0 atom stereocenters. The zero-order chi connectivity index (χ0) is 8.91. The first-order chi connectivity index (χ1) is 4.95. The van der Waals surface area contributed by atoms with E-state index in [0.29, 0.717) is 0 Å². The van der Waals surface area contributed by atoms with Crippen LogP contribution >= 0.6 is 0 Å². The normalized spacial score (nSPS) is 11.9. The van der Waals surface area contributed by atoms with Crippen molar-refractivity contribution in [3.8, 4) is 0 Å². The van der Waals surface area contributed by atoms with Crippen LogP contribution in [0.3, 0.4) is 0 Å². The van der Waals surface area contributed by atoms with E-state index in [9.17, 15) is 13.2 Å². The van der Waals surface area contributed by atoms with Gasteiger partial charge in [-0.15, -0.1) is 4.99 Å². The smallest absolute Gasteiger partial charge is 0.325 e. The first-order valence-electron chi connectivity index (χ1n) is 2.25. The van der Waals surface area contributed by atoms with Crippen LogP contribution in [0.2, 0.25) is 0 Å². The van der Waals surface area contributed by atoms with Gasteiger partial charge in [0.25, 0.3) is 5.96 Å². The van der Waals surface area contributed by atoms with Crippen LogP contribution in [-0.4, -0.2) is 26.7 Å². The lowest BCUT2D eigenvalue weighted by molar-refractivity contribution is 0.342. The number of nitrogens with two attached hydrogens (primary N) is 1. The zero-order valence-electron chi connectivity index (χ0n) is 5.51. The number of hydrogen-bond donors (Lipinski definition) is 1. The predicted molar refractivity (Wildman–Crippen MR) is 35.7 cm³/mol. The van der Waals surface area contributed by atoms with Crippen LogP contribution < -0.4 is 5.73 Å². The van der Waals surface area contributed by atoms with Crippen molar-refractivity contribution in [2.45, 2.75) is 0 Å². The minimum absolute atomic E-state index is 0.606. The summed E-state index contributed by atoms with van der Waals surface area (Å²) in [4.78, 5) is 12.2. The molecule has 0 rings (SSSR count). The maximum absolute atomic E-state index is 10.2. The van der Waals surface area contributed by atoms with E-state index < -0.39 is 16.1 Å². The van der Waals surface area contributed by atoms with Crippen molar-refractivity contribution in [3.63, 3.8) is 0 Å². The fourth-order valence-electron chi connectivity index (χ4n) is 0.173. The van der Waals surface area contributed by atoms with Crippen LogP contribution in [0.15, 0.2) is 10.1 Å². The van der Waals surface area contributed by atoms with Crippen LogP contribution in [-0.2, 0) is 19.2 Å². The van der Waals surface area contributed by atoms with Gasteiger partial charge in [-0.05, 0) is 5.16 Å². The molecular weight excluding hydrogens is 174 g/mol. The summed E-state index contributed by atoms with van der Waals surface area (Å²) < 4.78 is 24.2. The molecule has 0 aliphatic rings. The molecule has 0 aromatic carbocycles. The second kappa shape index (κ2) is 3.69. The van der Waals surface area contributed by atoms with Crippen molar-refractivity contribution in [1.82, 2.24) is 0 Å². The third-order valence-corrected chi connectivity index (χ3v) is 0.772. The highest BCUT2D eigenvalue weighted by Gasteiger charge is 1.99. The van der Waals surface area contributed by atoms with Gasteiger partial charge in [0.1, 0.15) is 0 Å². The van der Waals surface area contributed by atoms with Crippen molar-refractivity contribution in [2.75, 3.05) is 6.26 Å².